The number of imidazole rings is 1. The Balaban J connectivity index is 1.39. The van der Waals surface area contributed by atoms with E-state index in [0.29, 0.717) is 6.04 Å². The summed E-state index contributed by atoms with van der Waals surface area (Å²) in [5, 5.41) is 0. The van der Waals surface area contributed by atoms with Gasteiger partial charge in [0.2, 0.25) is 5.91 Å². The van der Waals surface area contributed by atoms with E-state index in [1.807, 2.05) is 65.8 Å². The molecule has 1 fully saturated rings. The summed E-state index contributed by atoms with van der Waals surface area (Å²) in [4.78, 5) is 18.8. The molecule has 126 valence electrons. The average Bonchev–Trinajstić information content (AvgIpc) is 3.11. The summed E-state index contributed by atoms with van der Waals surface area (Å²) in [5.74, 6) is 0.0952. The van der Waals surface area contributed by atoms with Crippen LogP contribution in [0.1, 0.15) is 24.4 Å². The summed E-state index contributed by atoms with van der Waals surface area (Å²) in [7, 11) is 0. The van der Waals surface area contributed by atoms with Crippen molar-refractivity contribution in [2.75, 3.05) is 13.1 Å². The van der Waals surface area contributed by atoms with Crippen molar-refractivity contribution in [3.63, 3.8) is 0 Å². The maximum absolute atomic E-state index is 12.4. The zero-order valence-corrected chi connectivity index (χ0v) is 14.1. The number of carbonyl (C=O) groups excluding carboxylic acids is 1. The average molecular weight is 331 g/mol. The van der Waals surface area contributed by atoms with E-state index in [0.717, 1.165) is 37.0 Å². The fourth-order valence-corrected chi connectivity index (χ4v) is 3.47. The van der Waals surface area contributed by atoms with Crippen molar-refractivity contribution < 1.29 is 4.79 Å². The van der Waals surface area contributed by atoms with Gasteiger partial charge in [-0.25, -0.2) is 4.98 Å². The molecule has 0 bridgehead atoms. The monoisotopic (exact) mass is 331 g/mol. The third kappa shape index (κ3) is 3.33. The first-order chi connectivity index (χ1) is 12.3. The van der Waals surface area contributed by atoms with Crippen LogP contribution in [0, 0.1) is 0 Å². The van der Waals surface area contributed by atoms with Crippen LogP contribution in [0.3, 0.4) is 0 Å². The highest BCUT2D eigenvalue weighted by Crippen LogP contribution is 2.26. The zero-order valence-electron chi connectivity index (χ0n) is 14.1. The van der Waals surface area contributed by atoms with Crippen LogP contribution >= 0.6 is 0 Å². The molecule has 0 spiro atoms. The maximum atomic E-state index is 12.4. The Morgan fingerprint density at radius 1 is 1.00 bits per heavy atom. The predicted molar refractivity (Wildman–Crippen MR) is 100 cm³/mol. The van der Waals surface area contributed by atoms with Crippen molar-refractivity contribution in [2.45, 2.75) is 18.9 Å². The highest BCUT2D eigenvalue weighted by molar-refractivity contribution is 5.91. The molecule has 0 N–H and O–H groups in total. The molecular formula is C21H21N3O. The third-order valence-corrected chi connectivity index (χ3v) is 4.87. The lowest BCUT2D eigenvalue weighted by molar-refractivity contribution is -0.127. The molecular weight excluding hydrogens is 310 g/mol. The number of carbonyl (C=O) groups is 1. The van der Waals surface area contributed by atoms with E-state index in [-0.39, 0.29) is 5.91 Å². The fourth-order valence-electron chi connectivity index (χ4n) is 3.47. The fraction of sp³-hybridized carbons (Fsp3) is 0.238. The van der Waals surface area contributed by atoms with Gasteiger partial charge in [-0.15, -0.1) is 0 Å². The van der Waals surface area contributed by atoms with Gasteiger partial charge in [-0.2, -0.15) is 0 Å². The number of rotatable bonds is 3. The normalized spacial score (nSPS) is 15.9. The third-order valence-electron chi connectivity index (χ3n) is 4.87. The van der Waals surface area contributed by atoms with E-state index >= 15 is 0 Å². The van der Waals surface area contributed by atoms with Crippen LogP contribution in [0.2, 0.25) is 0 Å². The molecule has 0 unspecified atom stereocenters. The molecule has 25 heavy (non-hydrogen) atoms. The van der Waals surface area contributed by atoms with Gasteiger partial charge in [0.25, 0.3) is 0 Å². The van der Waals surface area contributed by atoms with Gasteiger partial charge in [0.1, 0.15) is 0 Å². The standard InChI is InChI=1S/C21H21N3O/c25-21(11-10-17-6-2-1-3-7-17)23-14-12-18(13-15-23)24-16-22-19-8-4-5-9-20(19)24/h1-11,16,18H,12-15H2. The lowest BCUT2D eigenvalue weighted by atomic mass is 10.0. The molecule has 1 aromatic heterocycles. The van der Waals surface area contributed by atoms with E-state index in [1.165, 1.54) is 5.52 Å². The van der Waals surface area contributed by atoms with Crippen LogP contribution in [0.5, 0.6) is 0 Å². The molecule has 3 aromatic rings. The highest BCUT2D eigenvalue weighted by atomic mass is 16.2. The summed E-state index contributed by atoms with van der Waals surface area (Å²) >= 11 is 0. The highest BCUT2D eigenvalue weighted by Gasteiger charge is 2.23. The quantitative estimate of drug-likeness (QED) is 0.682. The molecule has 4 nitrogen and oxygen atoms in total. The van der Waals surface area contributed by atoms with Gasteiger partial charge in [-0.3, -0.25) is 4.79 Å². The van der Waals surface area contributed by atoms with Crippen molar-refractivity contribution in [2.24, 2.45) is 0 Å². The number of fused-ring (bicyclic) bond motifs is 1. The number of amides is 1. The van der Waals surface area contributed by atoms with E-state index in [4.69, 9.17) is 0 Å². The number of hydrogen-bond donors (Lipinski definition) is 0. The molecule has 4 heteroatoms. The molecule has 4 rings (SSSR count). The number of para-hydroxylation sites is 2. The number of piperidine rings is 1. The van der Waals surface area contributed by atoms with Crippen LogP contribution in [0.4, 0.5) is 0 Å². The molecule has 0 radical (unpaired) electrons. The molecule has 1 amide bonds. The Morgan fingerprint density at radius 3 is 2.52 bits per heavy atom. The lowest BCUT2D eigenvalue weighted by Gasteiger charge is -2.32. The van der Waals surface area contributed by atoms with Gasteiger partial charge in [0, 0.05) is 25.2 Å². The minimum absolute atomic E-state index is 0.0952. The molecule has 0 saturated carbocycles. The molecule has 2 heterocycles. The second kappa shape index (κ2) is 6.93. The Hall–Kier alpha value is -2.88. The van der Waals surface area contributed by atoms with Crippen LogP contribution in [-0.4, -0.2) is 33.4 Å². The predicted octanol–water partition coefficient (Wildman–Crippen LogP) is 3.91. The van der Waals surface area contributed by atoms with Crippen molar-refractivity contribution in [3.05, 3.63) is 72.6 Å². The number of likely N-dealkylation sites (tertiary alicyclic amines) is 1. The van der Waals surface area contributed by atoms with E-state index in [9.17, 15) is 4.79 Å². The van der Waals surface area contributed by atoms with Crippen molar-refractivity contribution >= 4 is 23.0 Å². The van der Waals surface area contributed by atoms with Crippen LogP contribution in [-0.2, 0) is 4.79 Å². The SMILES string of the molecule is O=C(C=Cc1ccccc1)N1CCC(n2cnc3ccccc32)CC1. The van der Waals surface area contributed by atoms with Crippen LogP contribution in [0.25, 0.3) is 17.1 Å². The Bertz CT molecular complexity index is 890. The van der Waals surface area contributed by atoms with E-state index < -0.39 is 0 Å². The smallest absolute Gasteiger partial charge is 0.246 e. The largest absolute Gasteiger partial charge is 0.339 e. The summed E-state index contributed by atoms with van der Waals surface area (Å²) in [6.07, 6.45) is 7.43. The lowest BCUT2D eigenvalue weighted by Crippen LogP contribution is -2.38. The van der Waals surface area contributed by atoms with Crippen molar-refractivity contribution in [1.82, 2.24) is 14.5 Å². The first-order valence-electron chi connectivity index (χ1n) is 8.75. The molecule has 0 atom stereocenters. The minimum Gasteiger partial charge on any atom is -0.339 e. The zero-order chi connectivity index (χ0) is 17.1. The molecule has 2 aromatic carbocycles. The molecule has 0 aliphatic carbocycles. The topological polar surface area (TPSA) is 38.1 Å². The van der Waals surface area contributed by atoms with Gasteiger partial charge in [0.05, 0.1) is 17.4 Å². The molecule has 1 aliphatic heterocycles. The second-order valence-electron chi connectivity index (χ2n) is 6.44. The maximum Gasteiger partial charge on any atom is 0.246 e. The van der Waals surface area contributed by atoms with E-state index in [1.54, 1.807) is 6.08 Å². The minimum atomic E-state index is 0.0952. The number of benzene rings is 2. The molecule has 1 aliphatic rings. The van der Waals surface area contributed by atoms with Gasteiger partial charge in [0.15, 0.2) is 0 Å². The summed E-state index contributed by atoms with van der Waals surface area (Å²) in [6, 6.07) is 18.6. The van der Waals surface area contributed by atoms with Crippen molar-refractivity contribution in [3.8, 4) is 0 Å². The van der Waals surface area contributed by atoms with Crippen LogP contribution < -0.4 is 0 Å². The van der Waals surface area contributed by atoms with Gasteiger partial charge >= 0.3 is 0 Å². The molecule has 1 saturated heterocycles. The summed E-state index contributed by atoms with van der Waals surface area (Å²) < 4.78 is 2.26. The summed E-state index contributed by atoms with van der Waals surface area (Å²) in [5.41, 5.74) is 3.26. The van der Waals surface area contributed by atoms with Gasteiger partial charge in [-0.05, 0) is 36.6 Å². The van der Waals surface area contributed by atoms with Gasteiger partial charge in [-0.1, -0.05) is 42.5 Å². The number of hydrogen-bond acceptors (Lipinski definition) is 2. The Morgan fingerprint density at radius 2 is 1.72 bits per heavy atom. The first kappa shape index (κ1) is 15.6. The first-order valence-corrected chi connectivity index (χ1v) is 8.75. The Labute approximate surface area is 147 Å². The second-order valence-corrected chi connectivity index (χ2v) is 6.44. The van der Waals surface area contributed by atoms with Crippen LogP contribution in [0.15, 0.2) is 67.0 Å². The Kier molecular flexibility index (Phi) is 4.34. The summed E-state index contributed by atoms with van der Waals surface area (Å²) in [6.45, 7) is 1.57. The van der Waals surface area contributed by atoms with Crippen molar-refractivity contribution in [1.29, 1.82) is 0 Å². The number of nitrogens with zero attached hydrogens (tertiary/aromatic N) is 3. The van der Waals surface area contributed by atoms with Gasteiger partial charge < -0.3 is 9.47 Å². The van der Waals surface area contributed by atoms with E-state index in [2.05, 4.69) is 15.6 Å². The number of aromatic nitrogens is 2.